The summed E-state index contributed by atoms with van der Waals surface area (Å²) in [4.78, 5) is 24.9. The number of hydrogen-bond donors (Lipinski definition) is 0. The number of rotatable bonds is 11. The largest absolute Gasteiger partial charge is 0.273 e. The van der Waals surface area contributed by atoms with E-state index in [0.29, 0.717) is 15.5 Å². The molecule has 0 aliphatic carbocycles. The topological polar surface area (TPSA) is 37.4 Å². The van der Waals surface area contributed by atoms with Crippen LogP contribution in [0.4, 0.5) is 0 Å². The van der Waals surface area contributed by atoms with Crippen molar-refractivity contribution in [3.05, 3.63) is 8.96 Å². The Morgan fingerprint density at radius 1 is 0.714 bits per heavy atom. The first-order valence-electron chi connectivity index (χ1n) is 8.01. The van der Waals surface area contributed by atoms with Gasteiger partial charge in [-0.2, -0.15) is 0 Å². The smallest absolute Gasteiger partial charge is 0.269 e. The Balaban J connectivity index is 2.01. The van der Waals surface area contributed by atoms with Crippen molar-refractivity contribution in [3.63, 3.8) is 0 Å². The molecule has 1 aliphatic rings. The van der Waals surface area contributed by atoms with E-state index in [2.05, 4.69) is 38.8 Å². The molecule has 1 rings (SSSR count). The molecule has 0 bridgehead atoms. The van der Waals surface area contributed by atoms with Crippen molar-refractivity contribution in [1.29, 1.82) is 0 Å². The minimum Gasteiger partial charge on any atom is -0.273 e. The van der Waals surface area contributed by atoms with Crippen molar-refractivity contribution >= 4 is 43.7 Å². The molecule has 1 aliphatic heterocycles. The van der Waals surface area contributed by atoms with Crippen molar-refractivity contribution in [2.45, 2.75) is 71.1 Å². The van der Waals surface area contributed by atoms with E-state index < -0.39 is 0 Å². The lowest BCUT2D eigenvalue weighted by atomic mass is 10.1. The van der Waals surface area contributed by atoms with Crippen molar-refractivity contribution in [2.75, 3.05) is 6.54 Å². The molecule has 0 aromatic heterocycles. The number of nitrogens with zero attached hydrogens (tertiary/aromatic N) is 1. The standard InChI is InChI=1S/C16H25Br2NO2/c1-2-3-4-5-6-7-8-9-10-11-12-19-15(20)13(17)14(18)16(19)21/h2-12H2,1H3. The highest BCUT2D eigenvalue weighted by molar-refractivity contribution is 9.14. The molecule has 0 aromatic rings. The summed E-state index contributed by atoms with van der Waals surface area (Å²) in [5.41, 5.74) is 0. The van der Waals surface area contributed by atoms with Crippen LogP contribution in [0.5, 0.6) is 0 Å². The summed E-state index contributed by atoms with van der Waals surface area (Å²) in [6, 6.07) is 0. The lowest BCUT2D eigenvalue weighted by molar-refractivity contribution is -0.137. The van der Waals surface area contributed by atoms with Crippen molar-refractivity contribution < 1.29 is 9.59 Å². The van der Waals surface area contributed by atoms with Gasteiger partial charge in [0.1, 0.15) is 8.96 Å². The minimum atomic E-state index is -0.220. The summed E-state index contributed by atoms with van der Waals surface area (Å²) >= 11 is 6.28. The number of carbonyl (C=O) groups is 2. The van der Waals surface area contributed by atoms with E-state index in [0.717, 1.165) is 12.8 Å². The third kappa shape index (κ3) is 6.23. The second-order valence-corrected chi connectivity index (χ2v) is 7.16. The third-order valence-electron chi connectivity index (χ3n) is 3.79. The average Bonchev–Trinajstić information content (AvgIpc) is 2.66. The molecule has 0 saturated carbocycles. The maximum absolute atomic E-state index is 11.8. The van der Waals surface area contributed by atoms with Gasteiger partial charge in [-0.05, 0) is 38.3 Å². The van der Waals surface area contributed by atoms with E-state index in [9.17, 15) is 9.59 Å². The second-order valence-electron chi connectivity index (χ2n) is 5.57. The van der Waals surface area contributed by atoms with Crippen LogP contribution in [0.15, 0.2) is 8.96 Å². The first-order chi connectivity index (χ1) is 10.1. The van der Waals surface area contributed by atoms with Crippen molar-refractivity contribution in [1.82, 2.24) is 4.90 Å². The molecule has 5 heteroatoms. The highest BCUT2D eigenvalue weighted by atomic mass is 79.9. The summed E-state index contributed by atoms with van der Waals surface area (Å²) in [6.07, 6.45) is 12.5. The molecular formula is C16H25Br2NO2. The SMILES string of the molecule is CCCCCCCCCCCCN1C(=O)C(Br)=C(Br)C1=O. The van der Waals surface area contributed by atoms with Gasteiger partial charge in [-0.1, -0.05) is 64.7 Å². The summed E-state index contributed by atoms with van der Waals surface area (Å²) in [7, 11) is 0. The Morgan fingerprint density at radius 2 is 1.10 bits per heavy atom. The predicted octanol–water partition coefficient (Wildman–Crippen LogP) is 5.28. The third-order valence-corrected chi connectivity index (χ3v) is 5.80. The summed E-state index contributed by atoms with van der Waals surface area (Å²) in [6.45, 7) is 2.76. The molecule has 3 nitrogen and oxygen atoms in total. The summed E-state index contributed by atoms with van der Waals surface area (Å²) in [5.74, 6) is -0.439. The molecule has 0 radical (unpaired) electrons. The fourth-order valence-electron chi connectivity index (χ4n) is 2.48. The molecule has 0 atom stereocenters. The monoisotopic (exact) mass is 421 g/mol. The molecule has 0 fully saturated rings. The fourth-order valence-corrected chi connectivity index (χ4v) is 3.24. The van der Waals surface area contributed by atoms with Crippen LogP contribution in [0.1, 0.15) is 71.1 Å². The van der Waals surface area contributed by atoms with E-state index in [1.807, 2.05) is 0 Å². The lowest BCUT2D eigenvalue weighted by Crippen LogP contribution is -2.32. The van der Waals surface area contributed by atoms with Gasteiger partial charge in [0.05, 0.1) is 0 Å². The van der Waals surface area contributed by atoms with Crippen LogP contribution in [0.3, 0.4) is 0 Å². The maximum atomic E-state index is 11.8. The Kier molecular flexibility index (Phi) is 9.49. The van der Waals surface area contributed by atoms with Crippen molar-refractivity contribution in [3.8, 4) is 0 Å². The number of imide groups is 1. The highest BCUT2D eigenvalue weighted by Gasteiger charge is 2.35. The first-order valence-corrected chi connectivity index (χ1v) is 9.59. The maximum Gasteiger partial charge on any atom is 0.269 e. The molecule has 0 saturated heterocycles. The Hall–Kier alpha value is -0.160. The van der Waals surface area contributed by atoms with Crippen LogP contribution in [0, 0.1) is 0 Å². The Labute approximate surface area is 144 Å². The number of halogens is 2. The second kappa shape index (κ2) is 10.5. The van der Waals surface area contributed by atoms with Crippen molar-refractivity contribution in [2.24, 2.45) is 0 Å². The molecule has 1 heterocycles. The molecule has 0 spiro atoms. The van der Waals surface area contributed by atoms with Gasteiger partial charge in [-0.15, -0.1) is 0 Å². The van der Waals surface area contributed by atoms with Gasteiger partial charge in [0.15, 0.2) is 0 Å². The van der Waals surface area contributed by atoms with Crippen LogP contribution in [-0.4, -0.2) is 23.3 Å². The van der Waals surface area contributed by atoms with Crippen LogP contribution >= 0.6 is 31.9 Å². The van der Waals surface area contributed by atoms with Gasteiger partial charge in [-0.3, -0.25) is 14.5 Å². The van der Waals surface area contributed by atoms with E-state index >= 15 is 0 Å². The molecule has 0 unspecified atom stereocenters. The zero-order valence-corrected chi connectivity index (χ0v) is 16.0. The zero-order valence-electron chi connectivity index (χ0n) is 12.8. The van der Waals surface area contributed by atoms with Gasteiger partial charge < -0.3 is 0 Å². The summed E-state index contributed by atoms with van der Waals surface area (Å²) in [5, 5.41) is 0. The number of amides is 2. The van der Waals surface area contributed by atoms with Gasteiger partial charge in [0.2, 0.25) is 0 Å². The molecule has 21 heavy (non-hydrogen) atoms. The minimum absolute atomic E-state index is 0.220. The Bertz CT molecular complexity index is 370. The van der Waals surface area contributed by atoms with Gasteiger partial charge in [0.25, 0.3) is 11.8 Å². The van der Waals surface area contributed by atoms with Crippen LogP contribution in [-0.2, 0) is 9.59 Å². The highest BCUT2D eigenvalue weighted by Crippen LogP contribution is 2.29. The van der Waals surface area contributed by atoms with Crippen LogP contribution in [0.25, 0.3) is 0 Å². The van der Waals surface area contributed by atoms with Gasteiger partial charge in [-0.25, -0.2) is 0 Å². The Morgan fingerprint density at radius 3 is 1.52 bits per heavy atom. The molecule has 120 valence electrons. The number of hydrogen-bond acceptors (Lipinski definition) is 2. The van der Waals surface area contributed by atoms with E-state index in [1.165, 1.54) is 56.3 Å². The zero-order chi connectivity index (χ0) is 15.7. The normalized spacial score (nSPS) is 15.5. The molecule has 0 aromatic carbocycles. The van der Waals surface area contributed by atoms with Gasteiger partial charge in [0, 0.05) is 6.54 Å². The van der Waals surface area contributed by atoms with E-state index in [1.54, 1.807) is 0 Å². The molecular weight excluding hydrogens is 398 g/mol. The van der Waals surface area contributed by atoms with E-state index in [-0.39, 0.29) is 11.8 Å². The molecule has 2 amide bonds. The fraction of sp³-hybridized carbons (Fsp3) is 0.750. The van der Waals surface area contributed by atoms with E-state index in [4.69, 9.17) is 0 Å². The number of carbonyl (C=O) groups excluding carboxylic acids is 2. The molecule has 0 N–H and O–H groups in total. The van der Waals surface area contributed by atoms with Crippen LogP contribution < -0.4 is 0 Å². The average molecular weight is 423 g/mol. The predicted molar refractivity (Wildman–Crippen MR) is 93.4 cm³/mol. The number of unbranched alkanes of at least 4 members (excludes halogenated alkanes) is 9. The summed E-state index contributed by atoms with van der Waals surface area (Å²) < 4.78 is 0.694. The van der Waals surface area contributed by atoms with Gasteiger partial charge >= 0.3 is 0 Å². The first kappa shape index (κ1) is 18.9. The quantitative estimate of drug-likeness (QED) is 0.335. The van der Waals surface area contributed by atoms with Crippen LogP contribution in [0.2, 0.25) is 0 Å². The lowest BCUT2D eigenvalue weighted by Gasteiger charge is -2.13.